The molecule has 5 nitrogen and oxygen atoms in total. The molecule has 5 heteroatoms. The van der Waals surface area contributed by atoms with Crippen molar-refractivity contribution in [3.05, 3.63) is 17.8 Å². The number of ether oxygens (including phenoxy) is 1. The van der Waals surface area contributed by atoms with Crippen LogP contribution < -0.4 is 11.1 Å². The van der Waals surface area contributed by atoms with E-state index >= 15 is 0 Å². The molecule has 4 atom stereocenters. The van der Waals surface area contributed by atoms with Gasteiger partial charge in [-0.05, 0) is 38.3 Å². The number of hydrogen-bond donors (Lipinski definition) is 2. The van der Waals surface area contributed by atoms with Crippen molar-refractivity contribution in [2.24, 2.45) is 11.8 Å². The third-order valence-electron chi connectivity index (χ3n) is 3.89. The van der Waals surface area contributed by atoms with Crippen LogP contribution in [0.1, 0.15) is 26.3 Å². The summed E-state index contributed by atoms with van der Waals surface area (Å²) in [6.45, 7) is 7.86. The number of nitrogens with one attached hydrogen (secondary N) is 1. The molecule has 0 aliphatic carbocycles. The highest BCUT2D eigenvalue weighted by molar-refractivity contribution is 5.93. The lowest BCUT2D eigenvalue weighted by Gasteiger charge is -2.18. The molecule has 1 aliphatic rings. The summed E-state index contributed by atoms with van der Waals surface area (Å²) < 4.78 is 5.69. The van der Waals surface area contributed by atoms with Gasteiger partial charge in [0, 0.05) is 0 Å². The molecule has 0 saturated carbocycles. The maximum Gasteiger partial charge on any atom is 0.231 e. The fourth-order valence-corrected chi connectivity index (χ4v) is 2.65. The number of pyridine rings is 1. The summed E-state index contributed by atoms with van der Waals surface area (Å²) in [5, 5.41) is 2.88. The van der Waals surface area contributed by atoms with E-state index in [0.717, 1.165) is 5.56 Å². The van der Waals surface area contributed by atoms with Crippen LogP contribution in [0.5, 0.6) is 0 Å². The fraction of sp³-hybridized carbons (Fsp3) is 0.571. The van der Waals surface area contributed by atoms with Crippen molar-refractivity contribution in [3.63, 3.8) is 0 Å². The first-order chi connectivity index (χ1) is 8.90. The largest absolute Gasteiger partial charge is 0.397 e. The summed E-state index contributed by atoms with van der Waals surface area (Å²) in [5.74, 6) is 0.584. The smallest absolute Gasteiger partial charge is 0.231 e. The minimum atomic E-state index is -0.145. The van der Waals surface area contributed by atoms with Gasteiger partial charge in [0.15, 0.2) is 0 Å². The average molecular weight is 263 g/mol. The number of nitrogens with two attached hydrogens (primary N) is 1. The third-order valence-corrected chi connectivity index (χ3v) is 3.89. The van der Waals surface area contributed by atoms with Crippen LogP contribution in [-0.2, 0) is 9.53 Å². The van der Waals surface area contributed by atoms with Gasteiger partial charge in [0.2, 0.25) is 5.91 Å². The van der Waals surface area contributed by atoms with E-state index in [1.165, 1.54) is 0 Å². The van der Waals surface area contributed by atoms with Crippen LogP contribution in [-0.4, -0.2) is 23.1 Å². The first-order valence-electron chi connectivity index (χ1n) is 6.58. The molecule has 0 bridgehead atoms. The predicted molar refractivity (Wildman–Crippen MR) is 74.7 cm³/mol. The monoisotopic (exact) mass is 263 g/mol. The second-order valence-corrected chi connectivity index (χ2v) is 5.35. The Morgan fingerprint density at radius 1 is 1.37 bits per heavy atom. The van der Waals surface area contributed by atoms with Crippen molar-refractivity contribution in [2.45, 2.75) is 39.9 Å². The van der Waals surface area contributed by atoms with E-state index in [1.54, 1.807) is 12.3 Å². The zero-order valence-corrected chi connectivity index (χ0v) is 11.8. The zero-order chi connectivity index (χ0) is 14.2. The van der Waals surface area contributed by atoms with Gasteiger partial charge in [0.1, 0.15) is 5.82 Å². The van der Waals surface area contributed by atoms with Gasteiger partial charge < -0.3 is 15.8 Å². The second kappa shape index (κ2) is 5.17. The summed E-state index contributed by atoms with van der Waals surface area (Å²) in [5.41, 5.74) is 7.10. The van der Waals surface area contributed by atoms with Gasteiger partial charge in [-0.2, -0.15) is 0 Å². The van der Waals surface area contributed by atoms with Gasteiger partial charge >= 0.3 is 0 Å². The van der Waals surface area contributed by atoms with E-state index in [4.69, 9.17) is 10.5 Å². The second-order valence-electron chi connectivity index (χ2n) is 5.35. The summed E-state index contributed by atoms with van der Waals surface area (Å²) >= 11 is 0. The number of aromatic nitrogens is 1. The lowest BCUT2D eigenvalue weighted by molar-refractivity contribution is -0.122. The highest BCUT2D eigenvalue weighted by Crippen LogP contribution is 2.33. The van der Waals surface area contributed by atoms with Crippen LogP contribution in [0.2, 0.25) is 0 Å². The van der Waals surface area contributed by atoms with E-state index in [0.29, 0.717) is 11.5 Å². The molecule has 0 spiro atoms. The number of aryl methyl sites for hydroxylation is 1. The number of carbonyl (C=O) groups is 1. The third kappa shape index (κ3) is 2.71. The average Bonchev–Trinajstić information content (AvgIpc) is 2.57. The van der Waals surface area contributed by atoms with Gasteiger partial charge in [0.25, 0.3) is 0 Å². The van der Waals surface area contributed by atoms with Crippen LogP contribution >= 0.6 is 0 Å². The van der Waals surface area contributed by atoms with Crippen LogP contribution in [0.15, 0.2) is 12.3 Å². The molecule has 1 fully saturated rings. The highest BCUT2D eigenvalue weighted by Gasteiger charge is 2.41. The van der Waals surface area contributed by atoms with Crippen LogP contribution in [0.4, 0.5) is 11.5 Å². The molecule has 2 rings (SSSR count). The molecule has 104 valence electrons. The Labute approximate surface area is 113 Å². The first-order valence-corrected chi connectivity index (χ1v) is 6.58. The zero-order valence-electron chi connectivity index (χ0n) is 11.8. The molecule has 1 aromatic rings. The first kappa shape index (κ1) is 13.8. The van der Waals surface area contributed by atoms with Crippen molar-refractivity contribution in [2.75, 3.05) is 11.1 Å². The van der Waals surface area contributed by atoms with Gasteiger partial charge in [-0.15, -0.1) is 0 Å². The molecular weight excluding hydrogens is 242 g/mol. The molecular formula is C14H21N3O2. The van der Waals surface area contributed by atoms with E-state index in [-0.39, 0.29) is 30.0 Å². The summed E-state index contributed by atoms with van der Waals surface area (Å²) in [4.78, 5) is 16.5. The summed E-state index contributed by atoms with van der Waals surface area (Å²) in [6.07, 6.45) is 1.58. The van der Waals surface area contributed by atoms with Gasteiger partial charge in [-0.3, -0.25) is 4.79 Å². The normalized spacial score (nSPS) is 30.3. The Bertz CT molecular complexity index is 490. The minimum absolute atomic E-state index is 0.0373. The number of nitrogens with zero attached hydrogens (tertiary/aromatic N) is 1. The van der Waals surface area contributed by atoms with Crippen LogP contribution in [0.3, 0.4) is 0 Å². The molecule has 2 heterocycles. The number of nitrogen functional groups attached to an aromatic ring is 1. The summed E-state index contributed by atoms with van der Waals surface area (Å²) in [7, 11) is 0. The lowest BCUT2D eigenvalue weighted by atomic mass is 9.89. The number of carbonyl (C=O) groups excluding carboxylic acids is 1. The molecule has 1 aromatic heterocycles. The van der Waals surface area contributed by atoms with Crippen LogP contribution in [0, 0.1) is 18.8 Å². The van der Waals surface area contributed by atoms with E-state index in [2.05, 4.69) is 10.3 Å². The maximum absolute atomic E-state index is 12.4. The number of amides is 1. The standard InChI is InChI=1S/C14H21N3O2/c1-7-5-11(15)6-16-13(7)17-14(18)12-8(2)9(3)19-10(12)4/h5-6,8-10,12H,15H2,1-4H3,(H,16,17,18). The van der Waals surface area contributed by atoms with E-state index in [1.807, 2.05) is 27.7 Å². The predicted octanol–water partition coefficient (Wildman–Crippen LogP) is 1.97. The highest BCUT2D eigenvalue weighted by atomic mass is 16.5. The molecule has 1 aliphatic heterocycles. The Morgan fingerprint density at radius 2 is 2.05 bits per heavy atom. The Morgan fingerprint density at radius 3 is 2.58 bits per heavy atom. The molecule has 4 unspecified atom stereocenters. The maximum atomic E-state index is 12.4. The van der Waals surface area contributed by atoms with E-state index < -0.39 is 0 Å². The molecule has 0 radical (unpaired) electrons. The Balaban J connectivity index is 2.13. The molecule has 0 aromatic carbocycles. The quantitative estimate of drug-likeness (QED) is 0.855. The van der Waals surface area contributed by atoms with Crippen molar-refractivity contribution in [3.8, 4) is 0 Å². The molecule has 1 saturated heterocycles. The molecule has 1 amide bonds. The summed E-state index contributed by atoms with van der Waals surface area (Å²) in [6, 6.07) is 1.79. The molecule has 3 N–H and O–H groups in total. The van der Waals surface area contributed by atoms with E-state index in [9.17, 15) is 4.79 Å². The van der Waals surface area contributed by atoms with Gasteiger partial charge in [0.05, 0.1) is 30.0 Å². The Hall–Kier alpha value is -1.62. The van der Waals surface area contributed by atoms with Crippen molar-refractivity contribution in [1.82, 2.24) is 4.98 Å². The SMILES string of the molecule is Cc1cc(N)cnc1NC(=O)C1C(C)OC(C)C1C. The molecule has 19 heavy (non-hydrogen) atoms. The van der Waals surface area contributed by atoms with Gasteiger partial charge in [-0.25, -0.2) is 4.98 Å². The number of rotatable bonds is 2. The minimum Gasteiger partial charge on any atom is -0.397 e. The van der Waals surface area contributed by atoms with Crippen molar-refractivity contribution >= 4 is 17.4 Å². The lowest BCUT2D eigenvalue weighted by Crippen LogP contribution is -2.32. The van der Waals surface area contributed by atoms with Gasteiger partial charge in [-0.1, -0.05) is 6.92 Å². The number of anilines is 2. The fourth-order valence-electron chi connectivity index (χ4n) is 2.65. The van der Waals surface area contributed by atoms with Crippen molar-refractivity contribution in [1.29, 1.82) is 0 Å². The van der Waals surface area contributed by atoms with Crippen molar-refractivity contribution < 1.29 is 9.53 Å². The topological polar surface area (TPSA) is 77.2 Å². The Kier molecular flexibility index (Phi) is 3.75. The number of hydrogen-bond acceptors (Lipinski definition) is 4. The van der Waals surface area contributed by atoms with Crippen LogP contribution in [0.25, 0.3) is 0 Å².